The Morgan fingerprint density at radius 2 is 2.15 bits per heavy atom. The summed E-state index contributed by atoms with van der Waals surface area (Å²) in [5, 5.41) is 0. The summed E-state index contributed by atoms with van der Waals surface area (Å²) in [5.74, 6) is -0.439. The molecule has 9 nitrogen and oxygen atoms in total. The first-order valence-electron chi connectivity index (χ1n) is 8.60. The molecule has 0 aromatic carbocycles. The summed E-state index contributed by atoms with van der Waals surface area (Å²) in [7, 11) is 0. The second-order valence-corrected chi connectivity index (χ2v) is 6.61. The monoisotopic (exact) mass is 369 g/mol. The Hall–Kier alpha value is -3.20. The van der Waals surface area contributed by atoms with Gasteiger partial charge < -0.3 is 19.8 Å². The molecule has 1 aliphatic rings. The highest BCUT2D eigenvalue weighted by atomic mass is 16.5. The number of primary amides is 1. The lowest BCUT2D eigenvalue weighted by atomic mass is 10.1. The number of ether oxygens (including phenoxy) is 1. The Morgan fingerprint density at radius 1 is 1.33 bits per heavy atom. The Kier molecular flexibility index (Phi) is 4.15. The van der Waals surface area contributed by atoms with Crippen LogP contribution >= 0.6 is 0 Å². The number of amides is 2. The summed E-state index contributed by atoms with van der Waals surface area (Å²) in [6.07, 6.45) is 2.91. The minimum Gasteiger partial charge on any atom is -0.463 e. The van der Waals surface area contributed by atoms with Crippen LogP contribution in [0.3, 0.4) is 0 Å². The van der Waals surface area contributed by atoms with Crippen LogP contribution in [0.4, 0.5) is 0 Å². The molecule has 0 radical (unpaired) electrons. The summed E-state index contributed by atoms with van der Waals surface area (Å²) in [4.78, 5) is 35.0. The molecule has 0 aliphatic carbocycles. The number of nitrogens with zero attached hydrogens (tertiary/aromatic N) is 4. The van der Waals surface area contributed by atoms with Crippen LogP contribution in [-0.4, -0.2) is 56.4 Å². The standard InChI is InChI=1S/C18H19N5O4/c1-10-8-27-11(2)7-22(10)18(25)12-6-13(14-4-3-5-26-14)23-9-20-15(16(19)24)17(23)21-12/h3-6,9-11H,7-8H2,1-2H3,(H2,19,24). The van der Waals surface area contributed by atoms with Gasteiger partial charge in [-0.2, -0.15) is 0 Å². The molecule has 1 fully saturated rings. The van der Waals surface area contributed by atoms with Crippen molar-refractivity contribution < 1.29 is 18.7 Å². The van der Waals surface area contributed by atoms with E-state index in [1.165, 1.54) is 12.6 Å². The number of hydrogen-bond donors (Lipinski definition) is 1. The topological polar surface area (TPSA) is 116 Å². The summed E-state index contributed by atoms with van der Waals surface area (Å²) in [5.41, 5.74) is 6.38. The van der Waals surface area contributed by atoms with E-state index in [0.29, 0.717) is 24.6 Å². The van der Waals surface area contributed by atoms with E-state index in [2.05, 4.69) is 9.97 Å². The molecule has 9 heteroatoms. The van der Waals surface area contributed by atoms with Crippen molar-refractivity contribution in [3.63, 3.8) is 0 Å². The van der Waals surface area contributed by atoms with Gasteiger partial charge in [0, 0.05) is 6.54 Å². The fraction of sp³-hybridized carbons (Fsp3) is 0.333. The van der Waals surface area contributed by atoms with Crippen LogP contribution in [0.1, 0.15) is 34.8 Å². The minimum absolute atomic E-state index is 0.000787. The Morgan fingerprint density at radius 3 is 2.85 bits per heavy atom. The van der Waals surface area contributed by atoms with E-state index in [1.807, 2.05) is 13.8 Å². The van der Waals surface area contributed by atoms with Gasteiger partial charge in [0.2, 0.25) is 0 Å². The summed E-state index contributed by atoms with van der Waals surface area (Å²) in [6.45, 7) is 4.76. The first-order valence-corrected chi connectivity index (χ1v) is 8.60. The van der Waals surface area contributed by atoms with E-state index in [0.717, 1.165) is 0 Å². The normalized spacial score (nSPS) is 20.1. The molecule has 0 saturated carbocycles. The molecule has 2 unspecified atom stereocenters. The highest BCUT2D eigenvalue weighted by Gasteiger charge is 2.30. The van der Waals surface area contributed by atoms with E-state index >= 15 is 0 Å². The van der Waals surface area contributed by atoms with Crippen molar-refractivity contribution in [2.24, 2.45) is 5.73 Å². The second-order valence-electron chi connectivity index (χ2n) is 6.61. The second kappa shape index (κ2) is 6.51. The Labute approximate surface area is 154 Å². The molecule has 3 aromatic rings. The van der Waals surface area contributed by atoms with Crippen molar-refractivity contribution in [2.75, 3.05) is 13.2 Å². The zero-order valence-electron chi connectivity index (χ0n) is 15.0. The van der Waals surface area contributed by atoms with Gasteiger partial charge in [-0.1, -0.05) is 0 Å². The molecule has 3 aromatic heterocycles. The van der Waals surface area contributed by atoms with Crippen LogP contribution in [0.5, 0.6) is 0 Å². The van der Waals surface area contributed by atoms with E-state index in [1.54, 1.807) is 27.5 Å². The molecule has 140 valence electrons. The maximum Gasteiger partial charge on any atom is 0.273 e. The molecule has 0 spiro atoms. The molecule has 2 atom stereocenters. The van der Waals surface area contributed by atoms with Crippen molar-refractivity contribution >= 4 is 17.5 Å². The van der Waals surface area contributed by atoms with Gasteiger partial charge >= 0.3 is 0 Å². The zero-order valence-corrected chi connectivity index (χ0v) is 15.0. The van der Waals surface area contributed by atoms with Gasteiger partial charge in [-0.05, 0) is 32.0 Å². The third-order valence-corrected chi connectivity index (χ3v) is 4.60. The smallest absolute Gasteiger partial charge is 0.273 e. The van der Waals surface area contributed by atoms with E-state index in [-0.39, 0.29) is 35.1 Å². The Balaban J connectivity index is 1.86. The van der Waals surface area contributed by atoms with Crippen molar-refractivity contribution in [1.82, 2.24) is 19.3 Å². The van der Waals surface area contributed by atoms with Crippen molar-refractivity contribution in [2.45, 2.75) is 26.0 Å². The third kappa shape index (κ3) is 2.95. The fourth-order valence-corrected chi connectivity index (χ4v) is 3.20. The minimum atomic E-state index is -0.714. The van der Waals surface area contributed by atoms with Gasteiger partial charge in [0.1, 0.15) is 12.0 Å². The van der Waals surface area contributed by atoms with Crippen molar-refractivity contribution in [1.29, 1.82) is 0 Å². The van der Waals surface area contributed by atoms with Gasteiger partial charge in [0.15, 0.2) is 17.1 Å². The molecule has 1 saturated heterocycles. The number of morpholine rings is 1. The maximum atomic E-state index is 13.2. The molecule has 27 heavy (non-hydrogen) atoms. The predicted octanol–water partition coefficient (Wildman–Crippen LogP) is 1.34. The number of hydrogen-bond acceptors (Lipinski definition) is 6. The molecule has 2 N–H and O–H groups in total. The summed E-state index contributed by atoms with van der Waals surface area (Å²) in [6, 6.07) is 5.04. The first kappa shape index (κ1) is 17.2. The number of carbonyl (C=O) groups is 2. The fourth-order valence-electron chi connectivity index (χ4n) is 3.20. The lowest BCUT2D eigenvalue weighted by molar-refractivity contribution is -0.0388. The number of imidazole rings is 1. The lowest BCUT2D eigenvalue weighted by Crippen LogP contribution is -2.50. The molecule has 0 bridgehead atoms. The summed E-state index contributed by atoms with van der Waals surface area (Å²) < 4.78 is 12.7. The highest BCUT2D eigenvalue weighted by molar-refractivity contribution is 5.99. The number of furan rings is 1. The molecule has 1 aliphatic heterocycles. The largest absolute Gasteiger partial charge is 0.463 e. The maximum absolute atomic E-state index is 13.2. The first-order chi connectivity index (χ1) is 13.0. The third-order valence-electron chi connectivity index (χ3n) is 4.60. The molecule has 2 amide bonds. The van der Waals surface area contributed by atoms with Gasteiger partial charge in [-0.3, -0.25) is 14.0 Å². The predicted molar refractivity (Wildman–Crippen MR) is 95.1 cm³/mol. The average molecular weight is 369 g/mol. The molecule has 4 heterocycles. The quantitative estimate of drug-likeness (QED) is 0.745. The Bertz CT molecular complexity index is 1010. The van der Waals surface area contributed by atoms with Crippen LogP contribution in [0.15, 0.2) is 35.2 Å². The number of aromatic nitrogens is 3. The highest BCUT2D eigenvalue weighted by Crippen LogP contribution is 2.24. The summed E-state index contributed by atoms with van der Waals surface area (Å²) >= 11 is 0. The van der Waals surface area contributed by atoms with Gasteiger partial charge in [0.05, 0.1) is 30.7 Å². The van der Waals surface area contributed by atoms with Crippen LogP contribution in [0, 0.1) is 0 Å². The van der Waals surface area contributed by atoms with Crippen molar-refractivity contribution in [3.05, 3.63) is 42.2 Å². The zero-order chi connectivity index (χ0) is 19.1. The number of rotatable bonds is 3. The SMILES string of the molecule is CC1CN(C(=O)c2cc(-c3ccco3)n3cnc(C(N)=O)c3n2)C(C)CO1. The number of nitrogens with two attached hydrogens (primary N) is 1. The van der Waals surface area contributed by atoms with Crippen LogP contribution in [0.25, 0.3) is 17.1 Å². The molecule has 4 rings (SSSR count). The lowest BCUT2D eigenvalue weighted by Gasteiger charge is -2.36. The van der Waals surface area contributed by atoms with E-state index in [4.69, 9.17) is 14.9 Å². The number of carbonyl (C=O) groups excluding carboxylic acids is 2. The van der Waals surface area contributed by atoms with Crippen molar-refractivity contribution in [3.8, 4) is 11.5 Å². The van der Waals surface area contributed by atoms with Gasteiger partial charge in [-0.15, -0.1) is 0 Å². The van der Waals surface area contributed by atoms with Crippen LogP contribution < -0.4 is 5.73 Å². The van der Waals surface area contributed by atoms with Gasteiger partial charge in [-0.25, -0.2) is 9.97 Å². The van der Waals surface area contributed by atoms with E-state index < -0.39 is 5.91 Å². The number of fused-ring (bicyclic) bond motifs is 1. The molecular weight excluding hydrogens is 350 g/mol. The van der Waals surface area contributed by atoms with Crippen LogP contribution in [-0.2, 0) is 4.74 Å². The van der Waals surface area contributed by atoms with E-state index in [9.17, 15) is 9.59 Å². The van der Waals surface area contributed by atoms with Gasteiger partial charge in [0.25, 0.3) is 11.8 Å². The average Bonchev–Trinajstić information content (AvgIpc) is 3.31. The van der Waals surface area contributed by atoms with Crippen LogP contribution in [0.2, 0.25) is 0 Å². The molecular formula is C18H19N5O4.